The molecule has 1 amide bonds. The van der Waals surface area contributed by atoms with Gasteiger partial charge in [0.15, 0.2) is 16.7 Å². The molecule has 0 spiro atoms. The Balaban J connectivity index is 1.56. The second-order valence-corrected chi connectivity index (χ2v) is 8.45. The molecule has 0 fully saturated rings. The fourth-order valence-corrected chi connectivity index (χ4v) is 4.38. The lowest BCUT2D eigenvalue weighted by atomic mass is 10.2. The summed E-state index contributed by atoms with van der Waals surface area (Å²) in [5.74, 6) is 0.759. The van der Waals surface area contributed by atoms with Crippen molar-refractivity contribution in [2.45, 2.75) is 12.1 Å². The molecule has 0 radical (unpaired) electrons. The number of aromatic nitrogens is 2. The van der Waals surface area contributed by atoms with E-state index in [0.717, 1.165) is 11.3 Å². The Morgan fingerprint density at radius 1 is 1.06 bits per heavy atom. The van der Waals surface area contributed by atoms with Crippen LogP contribution in [0.5, 0.6) is 11.5 Å². The molecule has 4 rings (SSSR count). The van der Waals surface area contributed by atoms with Crippen molar-refractivity contribution in [2.24, 2.45) is 5.10 Å². The van der Waals surface area contributed by atoms with E-state index < -0.39 is 0 Å². The van der Waals surface area contributed by atoms with Crippen LogP contribution in [-0.4, -0.2) is 41.6 Å². The number of benzene rings is 3. The van der Waals surface area contributed by atoms with Gasteiger partial charge in [0, 0.05) is 5.56 Å². The van der Waals surface area contributed by atoms with Crippen molar-refractivity contribution in [1.82, 2.24) is 15.0 Å². The van der Waals surface area contributed by atoms with Crippen LogP contribution >= 0.6 is 11.8 Å². The number of amides is 1. The monoisotopic (exact) mass is 488 g/mol. The summed E-state index contributed by atoms with van der Waals surface area (Å²) in [7, 11) is 3.09. The van der Waals surface area contributed by atoms with E-state index in [-0.39, 0.29) is 17.2 Å². The van der Waals surface area contributed by atoms with Crippen LogP contribution in [0, 0.1) is 6.92 Å². The number of nitrogens with zero attached hydrogens (tertiary/aromatic N) is 3. The minimum Gasteiger partial charge on any atom is -0.493 e. The average molecular weight is 489 g/mol. The van der Waals surface area contributed by atoms with E-state index in [4.69, 9.17) is 9.47 Å². The number of ether oxygens (including phenoxy) is 2. The lowest BCUT2D eigenvalue weighted by Crippen LogP contribution is -2.24. The Labute approximate surface area is 206 Å². The Bertz CT molecular complexity index is 1470. The number of aryl methyl sites for hydroxylation is 1. The maximum atomic E-state index is 13.4. The molecular weight excluding hydrogens is 464 g/mol. The highest BCUT2D eigenvalue weighted by atomic mass is 32.2. The van der Waals surface area contributed by atoms with E-state index in [0.29, 0.717) is 33.1 Å². The van der Waals surface area contributed by atoms with Crippen molar-refractivity contribution in [3.8, 4) is 17.2 Å². The van der Waals surface area contributed by atoms with Gasteiger partial charge in [-0.25, -0.2) is 10.4 Å². The molecule has 0 aliphatic rings. The first-order valence-corrected chi connectivity index (χ1v) is 11.8. The van der Waals surface area contributed by atoms with Crippen LogP contribution in [0.2, 0.25) is 0 Å². The zero-order valence-corrected chi connectivity index (χ0v) is 20.3. The van der Waals surface area contributed by atoms with Gasteiger partial charge in [0.1, 0.15) is 0 Å². The van der Waals surface area contributed by atoms with Gasteiger partial charge < -0.3 is 9.47 Å². The predicted octanol–water partition coefficient (Wildman–Crippen LogP) is 3.95. The summed E-state index contributed by atoms with van der Waals surface area (Å²) in [5.41, 5.74) is 5.21. The van der Waals surface area contributed by atoms with E-state index >= 15 is 0 Å². The van der Waals surface area contributed by atoms with Crippen LogP contribution in [0.3, 0.4) is 0 Å². The standard InChI is InChI=1S/C26H24N4O4S/c1-17-9-4-7-13-21(17)30-25(32)19-11-5-6-12-20(19)28-26(30)35-16-23(31)29-27-15-18-10-8-14-22(33-2)24(18)34-3/h4-15H,16H2,1-3H3,(H,29,31)/b27-15+. The molecule has 1 N–H and O–H groups in total. The van der Waals surface area contributed by atoms with Crippen molar-refractivity contribution in [3.05, 3.63) is 88.2 Å². The molecule has 0 bridgehead atoms. The summed E-state index contributed by atoms with van der Waals surface area (Å²) in [4.78, 5) is 30.6. The zero-order valence-electron chi connectivity index (χ0n) is 19.5. The quantitative estimate of drug-likeness (QED) is 0.175. The summed E-state index contributed by atoms with van der Waals surface area (Å²) in [6, 6.07) is 20.1. The van der Waals surface area contributed by atoms with Crippen LogP contribution < -0.4 is 20.5 Å². The maximum Gasteiger partial charge on any atom is 0.266 e. The summed E-state index contributed by atoms with van der Waals surface area (Å²) in [5, 5.41) is 4.98. The van der Waals surface area contributed by atoms with Crippen LogP contribution in [-0.2, 0) is 4.79 Å². The molecule has 0 atom stereocenters. The molecule has 1 aromatic heterocycles. The topological polar surface area (TPSA) is 94.8 Å². The van der Waals surface area contributed by atoms with Gasteiger partial charge in [-0.15, -0.1) is 0 Å². The minimum atomic E-state index is -0.341. The highest BCUT2D eigenvalue weighted by Crippen LogP contribution is 2.29. The largest absolute Gasteiger partial charge is 0.493 e. The lowest BCUT2D eigenvalue weighted by Gasteiger charge is -2.14. The Morgan fingerprint density at radius 2 is 1.83 bits per heavy atom. The smallest absolute Gasteiger partial charge is 0.266 e. The molecule has 0 aliphatic carbocycles. The summed E-state index contributed by atoms with van der Waals surface area (Å²) >= 11 is 1.17. The number of para-hydroxylation sites is 3. The van der Waals surface area contributed by atoms with Crippen molar-refractivity contribution in [3.63, 3.8) is 0 Å². The average Bonchev–Trinajstić information content (AvgIpc) is 2.88. The predicted molar refractivity (Wildman–Crippen MR) is 138 cm³/mol. The summed E-state index contributed by atoms with van der Waals surface area (Å²) < 4.78 is 12.2. The number of hydrogen-bond acceptors (Lipinski definition) is 7. The first-order valence-electron chi connectivity index (χ1n) is 10.8. The molecule has 0 aliphatic heterocycles. The molecule has 0 saturated carbocycles. The van der Waals surface area contributed by atoms with Crippen LogP contribution in [0.25, 0.3) is 16.6 Å². The second kappa shape index (κ2) is 10.9. The molecule has 9 heteroatoms. The van der Waals surface area contributed by atoms with Crippen molar-refractivity contribution in [1.29, 1.82) is 0 Å². The number of hydrogen-bond donors (Lipinski definition) is 1. The number of carbonyl (C=O) groups is 1. The van der Waals surface area contributed by atoms with Gasteiger partial charge in [0.05, 0.1) is 42.8 Å². The van der Waals surface area contributed by atoms with Gasteiger partial charge in [-0.1, -0.05) is 48.2 Å². The molecule has 0 saturated heterocycles. The van der Waals surface area contributed by atoms with E-state index in [1.165, 1.54) is 25.1 Å². The van der Waals surface area contributed by atoms with Gasteiger partial charge in [0.25, 0.3) is 11.5 Å². The number of carbonyl (C=O) groups excluding carboxylic acids is 1. The molecule has 178 valence electrons. The van der Waals surface area contributed by atoms with E-state index in [9.17, 15) is 9.59 Å². The maximum absolute atomic E-state index is 13.4. The van der Waals surface area contributed by atoms with Gasteiger partial charge in [-0.05, 0) is 42.8 Å². The number of methoxy groups -OCH3 is 2. The molecule has 8 nitrogen and oxygen atoms in total. The molecule has 1 heterocycles. The summed E-state index contributed by atoms with van der Waals surface area (Å²) in [6.45, 7) is 1.93. The van der Waals surface area contributed by atoms with E-state index in [1.807, 2.05) is 43.3 Å². The highest BCUT2D eigenvalue weighted by Gasteiger charge is 2.16. The molecule has 35 heavy (non-hydrogen) atoms. The molecule has 0 unspecified atom stereocenters. The minimum absolute atomic E-state index is 0.0171. The second-order valence-electron chi connectivity index (χ2n) is 7.50. The Morgan fingerprint density at radius 3 is 2.60 bits per heavy atom. The van der Waals surface area contributed by atoms with E-state index in [2.05, 4.69) is 15.5 Å². The van der Waals surface area contributed by atoms with Gasteiger partial charge in [0.2, 0.25) is 0 Å². The number of rotatable bonds is 8. The van der Waals surface area contributed by atoms with Crippen molar-refractivity contribution in [2.75, 3.05) is 20.0 Å². The zero-order chi connectivity index (χ0) is 24.8. The van der Waals surface area contributed by atoms with Gasteiger partial charge >= 0.3 is 0 Å². The Hall–Kier alpha value is -4.11. The lowest BCUT2D eigenvalue weighted by molar-refractivity contribution is -0.118. The fraction of sp³-hybridized carbons (Fsp3) is 0.154. The van der Waals surface area contributed by atoms with Crippen molar-refractivity contribution < 1.29 is 14.3 Å². The van der Waals surface area contributed by atoms with E-state index in [1.54, 1.807) is 42.0 Å². The van der Waals surface area contributed by atoms with Crippen molar-refractivity contribution >= 4 is 34.8 Å². The Kier molecular flexibility index (Phi) is 7.47. The number of nitrogens with one attached hydrogen (secondary N) is 1. The normalized spacial score (nSPS) is 11.1. The molecular formula is C26H24N4O4S. The SMILES string of the molecule is COc1cccc(/C=N/NC(=O)CSc2nc3ccccc3c(=O)n2-c2ccccc2C)c1OC. The first-order chi connectivity index (χ1) is 17.0. The molecule has 3 aromatic carbocycles. The van der Waals surface area contributed by atoms with Crippen LogP contribution in [0.4, 0.5) is 0 Å². The number of thioether (sulfide) groups is 1. The van der Waals surface area contributed by atoms with Gasteiger partial charge in [-0.2, -0.15) is 5.10 Å². The van der Waals surface area contributed by atoms with Crippen LogP contribution in [0.15, 0.2) is 81.8 Å². The third-order valence-electron chi connectivity index (χ3n) is 5.26. The van der Waals surface area contributed by atoms with Gasteiger partial charge in [-0.3, -0.25) is 14.2 Å². The fourth-order valence-electron chi connectivity index (χ4n) is 3.59. The first kappa shape index (κ1) is 24.0. The molecule has 4 aromatic rings. The number of fused-ring (bicyclic) bond motifs is 1. The number of hydrazone groups is 1. The third kappa shape index (κ3) is 5.20. The summed E-state index contributed by atoms with van der Waals surface area (Å²) in [6.07, 6.45) is 1.49. The van der Waals surface area contributed by atoms with Crippen LogP contribution in [0.1, 0.15) is 11.1 Å². The third-order valence-corrected chi connectivity index (χ3v) is 6.20. The highest BCUT2D eigenvalue weighted by molar-refractivity contribution is 7.99.